The van der Waals surface area contributed by atoms with Crippen molar-refractivity contribution in [3.05, 3.63) is 224 Å². The van der Waals surface area contributed by atoms with Crippen molar-refractivity contribution < 1.29 is 19.2 Å². The molecule has 117 heavy (non-hydrogen) atoms. The zero-order valence-corrected chi connectivity index (χ0v) is 64.9. The van der Waals surface area contributed by atoms with Gasteiger partial charge in [-0.2, -0.15) is 10.2 Å². The number of benzene rings is 1. The zero-order valence-electron chi connectivity index (χ0n) is 64.9. The van der Waals surface area contributed by atoms with Gasteiger partial charge in [-0.25, -0.2) is 54.1 Å². The first-order valence-electron chi connectivity index (χ1n) is 39.0. The number of hydrogen-bond acceptors (Lipinski definition) is 23. The van der Waals surface area contributed by atoms with Crippen molar-refractivity contribution >= 4 is 104 Å². The fourth-order valence-electron chi connectivity index (χ4n) is 16.6. The SMILES string of the molecule is Cc1cc(-c2ccc3c(n2)N(C(=O)Nc2ccc4[nH]ncc4c2)[C@H]2CCN3C2)ccn1.Cc1cc(-c2ccc3c(n2)N(C(=O)Nc2cccnn2)[C@H]2CCN3C2)ccn1.Cc1cc(-c2ccc3c(n2)N(C(=O)Nc2cnccn2)[C@H]2CCN3C2)c(C)cn1.Cc1cc(-c2ccc3c(n2)N(C(=O)Nc2cncnc2)[C@H]2CCCN3C2)ccn1. The number of nitrogens with zero attached hydrogens (tertiary/aromatic N) is 23. The lowest BCUT2D eigenvalue weighted by Crippen LogP contribution is -2.56. The van der Waals surface area contributed by atoms with Gasteiger partial charge in [-0.1, -0.05) is 0 Å². The number of H-pyrrole nitrogens is 1. The van der Waals surface area contributed by atoms with E-state index < -0.39 is 0 Å². The number of aromatic amines is 1. The van der Waals surface area contributed by atoms with Gasteiger partial charge in [0, 0.05) is 152 Å². The van der Waals surface area contributed by atoms with Crippen molar-refractivity contribution in [1.29, 1.82) is 0 Å². The van der Waals surface area contributed by atoms with Crippen molar-refractivity contribution in [1.82, 2.24) is 80.2 Å². The fourth-order valence-corrected chi connectivity index (χ4v) is 16.6. The molecule has 5 N–H and O–H groups in total. The van der Waals surface area contributed by atoms with E-state index in [1.807, 2.05) is 131 Å². The molecule has 0 unspecified atom stereocenters. The molecule has 32 heteroatoms. The Bertz CT molecular complexity index is 5930. The third-order valence-electron chi connectivity index (χ3n) is 22.1. The average Bonchev–Trinajstić information content (AvgIpc) is 1.76. The second-order valence-corrected chi connectivity index (χ2v) is 30.0. The minimum Gasteiger partial charge on any atom is -0.366 e. The van der Waals surface area contributed by atoms with E-state index in [-0.39, 0.29) is 48.3 Å². The number of aryl methyl sites for hydroxylation is 5. The molecule has 32 nitrogen and oxygen atoms in total. The van der Waals surface area contributed by atoms with Gasteiger partial charge >= 0.3 is 24.1 Å². The Morgan fingerprint density at radius 2 is 0.863 bits per heavy atom. The molecule has 0 saturated carbocycles. The Hall–Kier alpha value is -14.6. The number of piperidine rings is 1. The summed E-state index contributed by atoms with van der Waals surface area (Å²) in [6.07, 6.45) is 24.6. The molecule has 4 saturated heterocycles. The van der Waals surface area contributed by atoms with Gasteiger partial charge in [-0.3, -0.25) is 60.3 Å². The molecule has 4 atom stereocenters. The monoisotopic (exact) mass is 1560 g/mol. The van der Waals surface area contributed by atoms with Gasteiger partial charge in [0.25, 0.3) is 0 Å². The summed E-state index contributed by atoms with van der Waals surface area (Å²) in [6.45, 7) is 16.9. The van der Waals surface area contributed by atoms with E-state index in [1.165, 1.54) is 12.5 Å². The summed E-state index contributed by atoms with van der Waals surface area (Å²) in [5.74, 6) is 3.63. The number of amides is 8. The molecule has 12 aromatic heterocycles. The minimum absolute atomic E-state index is 0.0854. The Morgan fingerprint density at radius 3 is 1.36 bits per heavy atom. The van der Waals surface area contributed by atoms with Crippen molar-refractivity contribution in [2.75, 3.05) is 113 Å². The molecule has 8 bridgehead atoms. The van der Waals surface area contributed by atoms with E-state index in [0.717, 1.165) is 197 Å². The van der Waals surface area contributed by atoms with Gasteiger partial charge in [-0.15, -0.1) is 5.10 Å². The Labute approximate surface area is 673 Å². The summed E-state index contributed by atoms with van der Waals surface area (Å²) in [6, 6.07) is 38.9. The second kappa shape index (κ2) is 31.8. The summed E-state index contributed by atoms with van der Waals surface area (Å²) in [4.78, 5) is 122. The van der Waals surface area contributed by atoms with Gasteiger partial charge in [0.2, 0.25) is 0 Å². The number of anilines is 12. The molecule has 1 aromatic carbocycles. The highest BCUT2D eigenvalue weighted by molar-refractivity contribution is 6.08. The number of hydrogen-bond donors (Lipinski definition) is 5. The second-order valence-electron chi connectivity index (χ2n) is 30.0. The summed E-state index contributed by atoms with van der Waals surface area (Å²) in [7, 11) is 0. The first-order valence-corrected chi connectivity index (χ1v) is 39.0. The smallest absolute Gasteiger partial charge is 0.329 e. The van der Waals surface area contributed by atoms with Crippen molar-refractivity contribution in [2.24, 2.45) is 0 Å². The van der Waals surface area contributed by atoms with E-state index in [0.29, 0.717) is 40.6 Å². The molecule has 0 spiro atoms. The van der Waals surface area contributed by atoms with Crippen LogP contribution in [0.1, 0.15) is 60.4 Å². The van der Waals surface area contributed by atoms with E-state index in [4.69, 9.17) is 19.9 Å². The third-order valence-corrected chi connectivity index (χ3v) is 22.1. The van der Waals surface area contributed by atoms with E-state index in [2.05, 4.69) is 125 Å². The maximum absolute atomic E-state index is 13.4. The predicted octanol–water partition coefficient (Wildman–Crippen LogP) is 13.3. The van der Waals surface area contributed by atoms with Crippen molar-refractivity contribution in [2.45, 2.75) is 90.9 Å². The number of rotatable bonds is 8. The molecular weight excluding hydrogens is 1480 g/mol. The van der Waals surface area contributed by atoms with Crippen LogP contribution in [0.4, 0.5) is 88.2 Å². The standard InChI is InChI=1S/C23H21N7O.2C21H21N7O.C20H19N7O/c1-14-10-15(6-8-24-14)19-4-5-21-22(27-19)30(18-7-9-29(21)13-18)23(31)26-17-2-3-20-16(11-17)12-25-28-20;1-13-10-24-14(2)9-16(13)17-3-4-18-20(25-17)28(15-5-8-27(18)12-15)21(29)26-19-11-22-6-7-23-19;1-14-9-15(6-7-24-14)18-4-5-19-20(26-18)28(17-3-2-8-27(19)12-17)21(29)25-16-10-22-13-23-11-16;1-13-11-14(6-9-21-13)16-4-5-17-19(23-16)27(15-7-10-26(17)12-15)20(28)24-18-3-2-8-22-25-18/h2-6,8,10-12,18H,7,9,13H2,1H3,(H,25,28)(H,26,31);3-4,6-7,9-11,15H,5,8,12H2,1-2H3,(H,23,26,29);4-7,9-11,13,17H,2-3,8,12H2,1H3,(H,25,29);2-6,8-9,11,15H,7,10,12H2,1H3,(H,24,25,28)/t18-;15-;17-;15-/m0000/s1. The number of carbonyl (C=O) groups excluding carboxylic acids is 4. The molecule has 0 radical (unpaired) electrons. The van der Waals surface area contributed by atoms with Crippen LogP contribution >= 0.6 is 0 Å². The highest BCUT2D eigenvalue weighted by Crippen LogP contribution is 2.45. The summed E-state index contributed by atoms with van der Waals surface area (Å²) in [5.41, 5.74) is 18.3. The van der Waals surface area contributed by atoms with E-state index in [1.54, 1.807) is 82.6 Å². The molecule has 13 aromatic rings. The summed E-state index contributed by atoms with van der Waals surface area (Å²) in [5, 5.41) is 27.4. The minimum atomic E-state index is -0.233. The number of urea groups is 4. The van der Waals surface area contributed by atoms with Crippen LogP contribution in [0.2, 0.25) is 0 Å². The Morgan fingerprint density at radius 1 is 0.393 bits per heavy atom. The van der Waals surface area contributed by atoms with Crippen LogP contribution in [0, 0.1) is 34.6 Å². The summed E-state index contributed by atoms with van der Waals surface area (Å²) >= 11 is 0. The molecule has 0 aliphatic carbocycles. The molecule has 20 heterocycles. The van der Waals surface area contributed by atoms with Crippen molar-refractivity contribution in [3.63, 3.8) is 0 Å². The molecule has 21 rings (SSSR count). The van der Waals surface area contributed by atoms with Crippen LogP contribution in [-0.4, -0.2) is 181 Å². The summed E-state index contributed by atoms with van der Waals surface area (Å²) < 4.78 is 0. The first-order chi connectivity index (χ1) is 57.1. The van der Waals surface area contributed by atoms with E-state index in [9.17, 15) is 19.2 Å². The molecule has 8 aliphatic heterocycles. The lowest BCUT2D eigenvalue weighted by Gasteiger charge is -2.45. The average molecular weight is 1560 g/mol. The molecule has 4 fully saturated rings. The fraction of sp³-hybridized carbons (Fsp3) is 0.259. The zero-order chi connectivity index (χ0) is 79.8. The lowest BCUT2D eigenvalue weighted by molar-refractivity contribution is 0.252. The molecule has 8 amide bonds. The van der Waals surface area contributed by atoms with Gasteiger partial charge < -0.3 is 30.2 Å². The van der Waals surface area contributed by atoms with Crippen LogP contribution in [-0.2, 0) is 0 Å². The first kappa shape index (κ1) is 73.9. The Kier molecular flexibility index (Phi) is 20.1. The molecule has 586 valence electrons. The topological polar surface area (TPSA) is 351 Å². The third kappa shape index (κ3) is 15.2. The molecule has 8 aliphatic rings. The number of aromatic nitrogens is 16. The molecular formula is C85H82N28O4. The number of carbonyl (C=O) groups is 4. The highest BCUT2D eigenvalue weighted by Gasteiger charge is 2.45. The van der Waals surface area contributed by atoms with Gasteiger partial charge in [-0.05, 0) is 194 Å². The van der Waals surface area contributed by atoms with E-state index >= 15 is 0 Å². The van der Waals surface area contributed by atoms with Crippen LogP contribution in [0.25, 0.3) is 55.9 Å². The predicted molar refractivity (Wildman–Crippen MR) is 449 cm³/mol. The van der Waals surface area contributed by atoms with Gasteiger partial charge in [0.1, 0.15) is 6.33 Å². The number of fused-ring (bicyclic) bond motifs is 17. The highest BCUT2D eigenvalue weighted by atomic mass is 16.2. The lowest BCUT2D eigenvalue weighted by atomic mass is 9.99. The maximum Gasteiger partial charge on any atom is 0.329 e. The normalized spacial score (nSPS) is 17.3. The van der Waals surface area contributed by atoms with Gasteiger partial charge in [0.05, 0.1) is 106 Å². The number of pyridine rings is 8. The van der Waals surface area contributed by atoms with Crippen molar-refractivity contribution in [3.8, 4) is 45.0 Å². The van der Waals surface area contributed by atoms with Gasteiger partial charge in [0.15, 0.2) is 34.9 Å². The number of nitrogens with one attached hydrogen (secondary N) is 5. The largest absolute Gasteiger partial charge is 0.366 e. The van der Waals surface area contributed by atoms with Crippen LogP contribution in [0.5, 0.6) is 0 Å². The maximum atomic E-state index is 13.4. The van der Waals surface area contributed by atoms with Crippen LogP contribution in [0.3, 0.4) is 0 Å². The Balaban J connectivity index is 0.000000108. The van der Waals surface area contributed by atoms with Crippen LogP contribution < -0.4 is 60.5 Å². The van der Waals surface area contributed by atoms with Crippen LogP contribution in [0.15, 0.2) is 196 Å². The quantitative estimate of drug-likeness (QED) is 0.0943.